The van der Waals surface area contributed by atoms with Gasteiger partial charge in [-0.05, 0) is 68.3 Å². The van der Waals surface area contributed by atoms with Crippen molar-refractivity contribution < 1.29 is 27.5 Å². The van der Waals surface area contributed by atoms with Gasteiger partial charge in [-0.3, -0.25) is 13.9 Å². The molecular weight excluding hydrogens is 682 g/mol. The second-order valence-corrected chi connectivity index (χ2v) is 14.7. The van der Waals surface area contributed by atoms with Crippen LogP contribution in [-0.2, 0) is 32.6 Å². The fourth-order valence-electron chi connectivity index (χ4n) is 5.06. The normalized spacial score (nSPS) is 12.1. The van der Waals surface area contributed by atoms with Crippen LogP contribution in [0.3, 0.4) is 0 Å². The first-order valence-corrected chi connectivity index (χ1v) is 17.3. The highest BCUT2D eigenvalue weighted by molar-refractivity contribution is 9.10. The minimum absolute atomic E-state index is 0.0116. The molecule has 0 spiro atoms. The van der Waals surface area contributed by atoms with Gasteiger partial charge in [-0.2, -0.15) is 0 Å². The van der Waals surface area contributed by atoms with Gasteiger partial charge in [0.25, 0.3) is 10.0 Å². The fraction of sp³-hybridized carbons (Fsp3) is 0.278. The van der Waals surface area contributed by atoms with Gasteiger partial charge in [-0.1, -0.05) is 76.6 Å². The molecule has 9 nitrogen and oxygen atoms in total. The summed E-state index contributed by atoms with van der Waals surface area (Å²) in [5, 5.41) is 3.04. The number of hydrogen-bond donors (Lipinski definition) is 1. The third kappa shape index (κ3) is 9.36. The molecule has 0 radical (unpaired) electrons. The van der Waals surface area contributed by atoms with Crippen LogP contribution >= 0.6 is 15.9 Å². The zero-order chi connectivity index (χ0) is 34.2. The molecule has 4 aromatic carbocycles. The summed E-state index contributed by atoms with van der Waals surface area (Å²) in [5.74, 6) is -0.345. The molecule has 0 fully saturated rings. The molecule has 248 valence electrons. The van der Waals surface area contributed by atoms with Crippen molar-refractivity contribution in [3.8, 4) is 11.5 Å². The van der Waals surface area contributed by atoms with Gasteiger partial charge in [0.15, 0.2) is 0 Å². The molecule has 0 aliphatic rings. The van der Waals surface area contributed by atoms with E-state index in [1.807, 2.05) is 75.4 Å². The number of anilines is 1. The van der Waals surface area contributed by atoms with Crippen molar-refractivity contribution in [3.05, 3.63) is 119 Å². The smallest absolute Gasteiger partial charge is 0.264 e. The van der Waals surface area contributed by atoms with Crippen molar-refractivity contribution in [1.29, 1.82) is 0 Å². The van der Waals surface area contributed by atoms with Crippen LogP contribution in [-0.4, -0.2) is 57.5 Å². The van der Waals surface area contributed by atoms with E-state index >= 15 is 0 Å². The zero-order valence-corrected chi connectivity index (χ0v) is 29.5. The minimum Gasteiger partial charge on any atom is -0.497 e. The van der Waals surface area contributed by atoms with Crippen LogP contribution in [0.25, 0.3) is 0 Å². The minimum atomic E-state index is -4.31. The van der Waals surface area contributed by atoms with E-state index in [0.29, 0.717) is 5.75 Å². The van der Waals surface area contributed by atoms with E-state index in [2.05, 4.69) is 21.2 Å². The van der Waals surface area contributed by atoms with Crippen molar-refractivity contribution in [1.82, 2.24) is 10.2 Å². The molecule has 0 unspecified atom stereocenters. The van der Waals surface area contributed by atoms with Crippen LogP contribution in [0.5, 0.6) is 11.5 Å². The quantitative estimate of drug-likeness (QED) is 0.176. The van der Waals surface area contributed by atoms with E-state index in [-0.39, 0.29) is 35.2 Å². The van der Waals surface area contributed by atoms with Crippen LogP contribution in [0.4, 0.5) is 5.69 Å². The number of carbonyl (C=O) groups excluding carboxylic acids is 2. The first kappa shape index (κ1) is 35.5. The monoisotopic (exact) mass is 721 g/mol. The number of sulfonamides is 1. The predicted octanol–water partition coefficient (Wildman–Crippen LogP) is 6.22. The lowest BCUT2D eigenvalue weighted by atomic mass is 10.0. The molecule has 4 rings (SSSR count). The maximum absolute atomic E-state index is 14.7. The van der Waals surface area contributed by atoms with Crippen LogP contribution in [0.1, 0.15) is 31.9 Å². The number of nitrogens with zero attached hydrogens (tertiary/aromatic N) is 2. The average molecular weight is 723 g/mol. The van der Waals surface area contributed by atoms with Gasteiger partial charge in [0.05, 0.1) is 24.8 Å². The van der Waals surface area contributed by atoms with Crippen LogP contribution in [0.15, 0.2) is 112 Å². The summed E-state index contributed by atoms with van der Waals surface area (Å²) < 4.78 is 41.4. The Bertz CT molecular complexity index is 1780. The number of nitrogens with one attached hydrogen (secondary N) is 1. The predicted molar refractivity (Wildman–Crippen MR) is 187 cm³/mol. The highest BCUT2D eigenvalue weighted by atomic mass is 79.9. The van der Waals surface area contributed by atoms with Gasteiger partial charge < -0.3 is 19.7 Å². The SMILES string of the molecule is COc1ccc(OC)c(N(CC(=O)N(Cc2cccc(Br)c2)[C@@H](Cc2ccccc2)C(=O)NC(C)(C)C)S(=O)(=O)c2ccccc2)c1. The highest BCUT2D eigenvalue weighted by Gasteiger charge is 2.36. The Balaban J connectivity index is 1.87. The summed E-state index contributed by atoms with van der Waals surface area (Å²) in [6.07, 6.45) is 0.205. The lowest BCUT2D eigenvalue weighted by Gasteiger charge is -2.35. The second kappa shape index (κ2) is 15.5. The number of hydrogen-bond acceptors (Lipinski definition) is 6. The summed E-state index contributed by atoms with van der Waals surface area (Å²) in [6.45, 7) is 5.03. The Labute approximate surface area is 285 Å². The molecule has 1 N–H and O–H groups in total. The van der Waals surface area contributed by atoms with Gasteiger partial charge in [0.2, 0.25) is 11.8 Å². The second-order valence-electron chi connectivity index (χ2n) is 12.0. The maximum atomic E-state index is 14.7. The molecule has 0 saturated heterocycles. The fourth-order valence-corrected chi connectivity index (χ4v) is 6.95. The van der Waals surface area contributed by atoms with E-state index in [9.17, 15) is 18.0 Å². The molecule has 0 aliphatic heterocycles. The molecular formula is C36H40BrN3O6S. The largest absolute Gasteiger partial charge is 0.497 e. The van der Waals surface area contributed by atoms with Gasteiger partial charge in [-0.15, -0.1) is 0 Å². The van der Waals surface area contributed by atoms with E-state index in [4.69, 9.17) is 9.47 Å². The van der Waals surface area contributed by atoms with Gasteiger partial charge in [-0.25, -0.2) is 8.42 Å². The molecule has 0 bridgehead atoms. The average Bonchev–Trinajstić information content (AvgIpc) is 3.04. The summed E-state index contributed by atoms with van der Waals surface area (Å²) in [4.78, 5) is 30.2. The topological polar surface area (TPSA) is 105 Å². The van der Waals surface area contributed by atoms with Crippen molar-refractivity contribution in [2.45, 2.75) is 50.2 Å². The van der Waals surface area contributed by atoms with Crippen molar-refractivity contribution in [2.24, 2.45) is 0 Å². The Morgan fingerprint density at radius 3 is 2.06 bits per heavy atom. The van der Waals surface area contributed by atoms with E-state index < -0.39 is 34.1 Å². The molecule has 0 saturated carbocycles. The van der Waals surface area contributed by atoms with Gasteiger partial charge in [0, 0.05) is 29.0 Å². The van der Waals surface area contributed by atoms with E-state index in [1.54, 1.807) is 30.3 Å². The Morgan fingerprint density at radius 1 is 0.830 bits per heavy atom. The Morgan fingerprint density at radius 2 is 1.47 bits per heavy atom. The first-order valence-electron chi connectivity index (χ1n) is 15.0. The number of rotatable bonds is 13. The molecule has 0 aromatic heterocycles. The Kier molecular flexibility index (Phi) is 11.7. The van der Waals surface area contributed by atoms with Crippen LogP contribution in [0.2, 0.25) is 0 Å². The molecule has 2 amide bonds. The maximum Gasteiger partial charge on any atom is 0.264 e. The number of amides is 2. The summed E-state index contributed by atoms with van der Waals surface area (Å²) in [6, 6.07) is 28.5. The molecule has 0 heterocycles. The molecule has 4 aromatic rings. The number of methoxy groups -OCH3 is 2. The third-order valence-corrected chi connectivity index (χ3v) is 9.54. The van der Waals surface area contributed by atoms with Crippen LogP contribution in [0, 0.1) is 0 Å². The van der Waals surface area contributed by atoms with Crippen molar-refractivity contribution in [3.63, 3.8) is 0 Å². The number of carbonyl (C=O) groups is 2. The van der Waals surface area contributed by atoms with E-state index in [0.717, 1.165) is 19.9 Å². The van der Waals surface area contributed by atoms with Crippen molar-refractivity contribution in [2.75, 3.05) is 25.1 Å². The standard InChI is InChI=1S/C36H40BrN3O6S/c1-36(2,3)38-35(42)32(22-26-13-8-6-9-14-26)39(24-27-15-12-16-28(37)21-27)34(41)25-40(47(43,44)30-17-10-7-11-18-30)31-23-29(45-4)19-20-33(31)46-5/h6-21,23,32H,22,24-25H2,1-5H3,(H,38,42)/t32-/m0/s1. The third-order valence-electron chi connectivity index (χ3n) is 7.28. The lowest BCUT2D eigenvalue weighted by Crippen LogP contribution is -2.56. The lowest BCUT2D eigenvalue weighted by molar-refractivity contribution is -0.140. The molecule has 11 heteroatoms. The van der Waals surface area contributed by atoms with Crippen molar-refractivity contribution >= 4 is 43.5 Å². The Hall–Kier alpha value is -4.35. The molecule has 0 aliphatic carbocycles. The number of halogens is 1. The summed E-state index contributed by atoms with van der Waals surface area (Å²) >= 11 is 3.50. The van der Waals surface area contributed by atoms with Crippen LogP contribution < -0.4 is 19.1 Å². The first-order chi connectivity index (χ1) is 22.3. The van der Waals surface area contributed by atoms with Gasteiger partial charge >= 0.3 is 0 Å². The number of ether oxygens (including phenoxy) is 2. The summed E-state index contributed by atoms with van der Waals surface area (Å²) in [7, 11) is -1.42. The highest BCUT2D eigenvalue weighted by Crippen LogP contribution is 2.36. The number of benzene rings is 4. The zero-order valence-electron chi connectivity index (χ0n) is 27.1. The summed E-state index contributed by atoms with van der Waals surface area (Å²) in [5.41, 5.74) is 1.13. The molecule has 1 atom stereocenters. The molecule has 47 heavy (non-hydrogen) atoms. The van der Waals surface area contributed by atoms with E-state index in [1.165, 1.54) is 37.3 Å². The van der Waals surface area contributed by atoms with Gasteiger partial charge in [0.1, 0.15) is 24.1 Å².